The molecule has 3 aromatic rings. The van der Waals surface area contributed by atoms with Crippen molar-refractivity contribution < 1.29 is 14.3 Å². The predicted octanol–water partition coefficient (Wildman–Crippen LogP) is 4.81. The summed E-state index contributed by atoms with van der Waals surface area (Å²) in [4.78, 5) is 16.7. The molecule has 1 unspecified atom stereocenters. The van der Waals surface area contributed by atoms with E-state index in [0.29, 0.717) is 28.7 Å². The SMILES string of the molecule is COc1cc(C(=O)NC(C)c2cccnc2)ccc1OCc1ccccc1Cl. The second kappa shape index (κ2) is 9.24. The van der Waals surface area contributed by atoms with Gasteiger partial charge in [-0.15, -0.1) is 0 Å². The Balaban J connectivity index is 1.70. The van der Waals surface area contributed by atoms with Crippen LogP contribution in [-0.2, 0) is 6.61 Å². The van der Waals surface area contributed by atoms with Gasteiger partial charge in [0.15, 0.2) is 11.5 Å². The smallest absolute Gasteiger partial charge is 0.251 e. The van der Waals surface area contributed by atoms with Crippen molar-refractivity contribution in [3.8, 4) is 11.5 Å². The number of halogens is 1. The molecule has 28 heavy (non-hydrogen) atoms. The van der Waals surface area contributed by atoms with Crippen LogP contribution in [0.1, 0.15) is 34.5 Å². The van der Waals surface area contributed by atoms with Gasteiger partial charge in [0.25, 0.3) is 5.91 Å². The van der Waals surface area contributed by atoms with E-state index in [0.717, 1.165) is 11.1 Å². The zero-order valence-electron chi connectivity index (χ0n) is 15.7. The standard InChI is InChI=1S/C22H21ClN2O3/c1-15(17-7-5-11-24-13-17)25-22(26)16-9-10-20(21(12-16)27-2)28-14-18-6-3-4-8-19(18)23/h3-13,15H,14H2,1-2H3,(H,25,26). The summed E-state index contributed by atoms with van der Waals surface area (Å²) in [5, 5.41) is 3.60. The summed E-state index contributed by atoms with van der Waals surface area (Å²) < 4.78 is 11.2. The zero-order valence-corrected chi connectivity index (χ0v) is 16.4. The molecule has 0 aliphatic heterocycles. The molecule has 0 bridgehead atoms. The Bertz CT molecular complexity index is 948. The van der Waals surface area contributed by atoms with Gasteiger partial charge in [-0.25, -0.2) is 0 Å². The van der Waals surface area contributed by atoms with E-state index < -0.39 is 0 Å². The first-order chi connectivity index (χ1) is 13.6. The minimum Gasteiger partial charge on any atom is -0.493 e. The number of hydrogen-bond donors (Lipinski definition) is 1. The van der Waals surface area contributed by atoms with Crippen LogP contribution in [-0.4, -0.2) is 18.0 Å². The zero-order chi connectivity index (χ0) is 19.9. The molecule has 0 saturated heterocycles. The van der Waals surface area contributed by atoms with Gasteiger partial charge in [-0.05, 0) is 42.8 Å². The van der Waals surface area contributed by atoms with Crippen LogP contribution in [0.25, 0.3) is 0 Å². The molecule has 0 fully saturated rings. The van der Waals surface area contributed by atoms with Crippen molar-refractivity contribution in [2.75, 3.05) is 7.11 Å². The molecule has 0 aliphatic carbocycles. The van der Waals surface area contributed by atoms with Gasteiger partial charge >= 0.3 is 0 Å². The summed E-state index contributed by atoms with van der Waals surface area (Å²) in [5.41, 5.74) is 2.29. The van der Waals surface area contributed by atoms with Gasteiger partial charge in [0.1, 0.15) is 6.61 Å². The Kier molecular flexibility index (Phi) is 6.50. The molecule has 1 heterocycles. The number of benzene rings is 2. The number of hydrogen-bond acceptors (Lipinski definition) is 4. The maximum Gasteiger partial charge on any atom is 0.251 e. The lowest BCUT2D eigenvalue weighted by molar-refractivity contribution is 0.0939. The van der Waals surface area contributed by atoms with E-state index in [9.17, 15) is 4.79 Å². The average molecular weight is 397 g/mol. The van der Waals surface area contributed by atoms with Crippen LogP contribution in [0, 0.1) is 0 Å². The van der Waals surface area contributed by atoms with E-state index in [1.807, 2.05) is 43.3 Å². The van der Waals surface area contributed by atoms with Gasteiger partial charge in [-0.3, -0.25) is 9.78 Å². The Hall–Kier alpha value is -3.05. The molecule has 0 aliphatic rings. The number of amides is 1. The summed E-state index contributed by atoms with van der Waals surface area (Å²) in [6, 6.07) is 16.2. The highest BCUT2D eigenvalue weighted by atomic mass is 35.5. The third kappa shape index (κ3) is 4.81. The summed E-state index contributed by atoms with van der Waals surface area (Å²) in [5.74, 6) is 0.820. The highest BCUT2D eigenvalue weighted by Crippen LogP contribution is 2.30. The summed E-state index contributed by atoms with van der Waals surface area (Å²) >= 11 is 6.16. The number of nitrogens with zero attached hydrogens (tertiary/aromatic N) is 1. The molecule has 0 saturated carbocycles. The first-order valence-electron chi connectivity index (χ1n) is 8.83. The minimum atomic E-state index is -0.202. The third-order valence-corrected chi connectivity index (χ3v) is 4.67. The lowest BCUT2D eigenvalue weighted by Crippen LogP contribution is -2.26. The fraction of sp³-hybridized carbons (Fsp3) is 0.182. The van der Waals surface area contributed by atoms with Crippen LogP contribution in [0.5, 0.6) is 11.5 Å². The van der Waals surface area contributed by atoms with E-state index in [1.165, 1.54) is 7.11 Å². The van der Waals surface area contributed by atoms with Crippen LogP contribution < -0.4 is 14.8 Å². The van der Waals surface area contributed by atoms with E-state index in [2.05, 4.69) is 10.3 Å². The number of carbonyl (C=O) groups is 1. The molecule has 6 heteroatoms. The topological polar surface area (TPSA) is 60.5 Å². The molecule has 144 valence electrons. The molecule has 1 N–H and O–H groups in total. The van der Waals surface area contributed by atoms with E-state index >= 15 is 0 Å². The lowest BCUT2D eigenvalue weighted by atomic mass is 10.1. The van der Waals surface area contributed by atoms with Crippen LogP contribution in [0.3, 0.4) is 0 Å². The van der Waals surface area contributed by atoms with Gasteiger partial charge in [-0.2, -0.15) is 0 Å². The summed E-state index contributed by atoms with van der Waals surface area (Å²) in [7, 11) is 1.54. The number of aromatic nitrogens is 1. The van der Waals surface area contributed by atoms with Gasteiger partial charge in [-0.1, -0.05) is 35.9 Å². The second-order valence-corrected chi connectivity index (χ2v) is 6.63. The highest BCUT2D eigenvalue weighted by Gasteiger charge is 2.15. The molecule has 1 aromatic heterocycles. The molecular formula is C22H21ClN2O3. The number of rotatable bonds is 7. The Morgan fingerprint density at radius 2 is 1.96 bits per heavy atom. The number of methoxy groups -OCH3 is 1. The van der Waals surface area contributed by atoms with Gasteiger partial charge in [0.2, 0.25) is 0 Å². The van der Waals surface area contributed by atoms with Crippen molar-refractivity contribution >= 4 is 17.5 Å². The molecule has 1 atom stereocenters. The maximum absolute atomic E-state index is 12.6. The van der Waals surface area contributed by atoms with E-state index in [1.54, 1.807) is 30.6 Å². The molecule has 0 spiro atoms. The number of pyridine rings is 1. The van der Waals surface area contributed by atoms with Crippen molar-refractivity contribution in [3.63, 3.8) is 0 Å². The first-order valence-corrected chi connectivity index (χ1v) is 9.21. The molecular weight excluding hydrogens is 376 g/mol. The van der Waals surface area contributed by atoms with Crippen molar-refractivity contribution in [2.24, 2.45) is 0 Å². The fourth-order valence-corrected chi connectivity index (χ4v) is 2.88. The van der Waals surface area contributed by atoms with E-state index in [4.69, 9.17) is 21.1 Å². The minimum absolute atomic E-state index is 0.164. The predicted molar refractivity (Wildman–Crippen MR) is 109 cm³/mol. The number of carbonyl (C=O) groups excluding carboxylic acids is 1. The maximum atomic E-state index is 12.6. The van der Waals surface area contributed by atoms with Gasteiger partial charge in [0.05, 0.1) is 13.2 Å². The van der Waals surface area contributed by atoms with Crippen molar-refractivity contribution in [2.45, 2.75) is 19.6 Å². The van der Waals surface area contributed by atoms with E-state index in [-0.39, 0.29) is 11.9 Å². The Morgan fingerprint density at radius 1 is 1.14 bits per heavy atom. The van der Waals surface area contributed by atoms with Crippen LogP contribution in [0.15, 0.2) is 67.0 Å². The first kappa shape index (κ1) is 19.7. The quantitative estimate of drug-likeness (QED) is 0.622. The van der Waals surface area contributed by atoms with Gasteiger partial charge < -0.3 is 14.8 Å². The van der Waals surface area contributed by atoms with Crippen molar-refractivity contribution in [1.82, 2.24) is 10.3 Å². The third-order valence-electron chi connectivity index (χ3n) is 4.30. The van der Waals surface area contributed by atoms with Crippen molar-refractivity contribution in [1.29, 1.82) is 0 Å². The summed E-state index contributed by atoms with van der Waals surface area (Å²) in [6.07, 6.45) is 3.43. The molecule has 3 rings (SSSR count). The van der Waals surface area contributed by atoms with Gasteiger partial charge in [0, 0.05) is 28.5 Å². The normalized spacial score (nSPS) is 11.5. The van der Waals surface area contributed by atoms with Crippen LogP contribution in [0.2, 0.25) is 5.02 Å². The molecule has 1 amide bonds. The fourth-order valence-electron chi connectivity index (χ4n) is 2.69. The average Bonchev–Trinajstić information content (AvgIpc) is 2.73. The largest absolute Gasteiger partial charge is 0.493 e. The summed E-state index contributed by atoms with van der Waals surface area (Å²) in [6.45, 7) is 2.22. The molecule has 0 radical (unpaired) electrons. The second-order valence-electron chi connectivity index (χ2n) is 6.23. The van der Waals surface area contributed by atoms with Crippen molar-refractivity contribution in [3.05, 3.63) is 88.7 Å². The number of ether oxygens (including phenoxy) is 2. The molecule has 5 nitrogen and oxygen atoms in total. The number of nitrogens with one attached hydrogen (secondary N) is 1. The van der Waals surface area contributed by atoms with Crippen LogP contribution in [0.4, 0.5) is 0 Å². The Labute approximate surface area is 169 Å². The lowest BCUT2D eigenvalue weighted by Gasteiger charge is -2.16. The highest BCUT2D eigenvalue weighted by molar-refractivity contribution is 6.31. The Morgan fingerprint density at radius 3 is 2.68 bits per heavy atom. The van der Waals surface area contributed by atoms with Crippen LogP contribution >= 0.6 is 11.6 Å². The monoisotopic (exact) mass is 396 g/mol. The molecule has 2 aromatic carbocycles.